The number of rotatable bonds is 4. The third kappa shape index (κ3) is 3.17. The third-order valence-electron chi connectivity index (χ3n) is 2.78. The molecule has 0 aliphatic carbocycles. The van der Waals surface area contributed by atoms with Gasteiger partial charge < -0.3 is 10.1 Å². The summed E-state index contributed by atoms with van der Waals surface area (Å²) in [7, 11) is 0. The number of aromatic nitrogens is 2. The van der Waals surface area contributed by atoms with Gasteiger partial charge in [-0.2, -0.15) is 0 Å². The molecule has 2 rings (SSSR count). The van der Waals surface area contributed by atoms with Crippen LogP contribution in [0.2, 0.25) is 4.34 Å². The van der Waals surface area contributed by atoms with E-state index in [2.05, 4.69) is 14.9 Å². The topological polar surface area (TPSA) is 67.3 Å². The molecule has 1 aromatic rings. The lowest BCUT2D eigenvalue weighted by Crippen LogP contribution is -2.54. The van der Waals surface area contributed by atoms with Gasteiger partial charge in [0, 0.05) is 37.7 Å². The molecule has 8 heteroatoms. The molecule has 18 heavy (non-hydrogen) atoms. The van der Waals surface area contributed by atoms with Gasteiger partial charge in [-0.3, -0.25) is 9.69 Å². The summed E-state index contributed by atoms with van der Waals surface area (Å²) in [5.74, 6) is -0.205. The van der Waals surface area contributed by atoms with Crippen molar-refractivity contribution in [2.75, 3.05) is 26.2 Å². The average molecular weight is 291 g/mol. The summed E-state index contributed by atoms with van der Waals surface area (Å²) in [5, 5.41) is 7.16. The maximum absolute atomic E-state index is 11.9. The summed E-state index contributed by atoms with van der Waals surface area (Å²) in [6.07, 6.45) is 0. The molecule has 1 saturated heterocycles. The second kappa shape index (κ2) is 6.42. The van der Waals surface area contributed by atoms with E-state index in [0.717, 1.165) is 30.3 Å². The van der Waals surface area contributed by atoms with Crippen LogP contribution < -0.4 is 5.32 Å². The Bertz CT molecular complexity index is 414. The number of carbonyl (C=O) groups is 1. The van der Waals surface area contributed by atoms with Gasteiger partial charge in [0.05, 0.1) is 6.61 Å². The van der Waals surface area contributed by atoms with Crippen LogP contribution in [0, 0.1) is 0 Å². The minimum Gasteiger partial charge on any atom is -0.465 e. The molecule has 1 aromatic heterocycles. The van der Waals surface area contributed by atoms with Gasteiger partial charge in [0.1, 0.15) is 16.1 Å². The van der Waals surface area contributed by atoms with Crippen molar-refractivity contribution in [2.24, 2.45) is 0 Å². The molecular formula is C10H15ClN4O2S. The number of nitrogens with one attached hydrogen (secondary N) is 1. The average Bonchev–Trinajstić information content (AvgIpc) is 2.76. The van der Waals surface area contributed by atoms with Gasteiger partial charge in [-0.15, -0.1) is 5.10 Å². The van der Waals surface area contributed by atoms with Crippen molar-refractivity contribution in [3.05, 3.63) is 10.0 Å². The molecule has 1 aliphatic rings. The lowest BCUT2D eigenvalue weighted by molar-refractivity contribution is -0.150. The molecular weight excluding hydrogens is 276 g/mol. The van der Waals surface area contributed by atoms with Crippen LogP contribution in [0.1, 0.15) is 12.6 Å². The Hall–Kier alpha value is -0.760. The van der Waals surface area contributed by atoms with Crippen molar-refractivity contribution in [1.82, 2.24) is 19.8 Å². The fourth-order valence-corrected chi connectivity index (χ4v) is 2.50. The predicted molar refractivity (Wildman–Crippen MR) is 68.6 cm³/mol. The molecule has 2 heterocycles. The number of hydrogen-bond acceptors (Lipinski definition) is 7. The van der Waals surface area contributed by atoms with Gasteiger partial charge in [0.2, 0.25) is 0 Å². The summed E-state index contributed by atoms with van der Waals surface area (Å²) in [6.45, 7) is 4.92. The van der Waals surface area contributed by atoms with Crippen molar-refractivity contribution in [2.45, 2.75) is 19.5 Å². The van der Waals surface area contributed by atoms with Crippen LogP contribution in [-0.2, 0) is 16.1 Å². The van der Waals surface area contributed by atoms with Crippen LogP contribution in [0.25, 0.3) is 0 Å². The zero-order chi connectivity index (χ0) is 13.0. The van der Waals surface area contributed by atoms with Gasteiger partial charge in [0.25, 0.3) is 0 Å². The number of nitrogens with zero attached hydrogens (tertiary/aromatic N) is 3. The normalized spacial score (nSPS) is 20.9. The van der Waals surface area contributed by atoms with Crippen molar-refractivity contribution < 1.29 is 9.53 Å². The van der Waals surface area contributed by atoms with E-state index in [-0.39, 0.29) is 12.0 Å². The minimum absolute atomic E-state index is 0.205. The standard InChI is InChI=1S/C10H15ClN4O2S/c1-2-17-10(16)8-5-12-3-4-15(8)6-7-9(11)18-14-13-7/h8,12H,2-6H2,1H3. The minimum atomic E-state index is -0.281. The first-order chi connectivity index (χ1) is 8.72. The van der Waals surface area contributed by atoms with Crippen LogP contribution in [0.15, 0.2) is 0 Å². The van der Waals surface area contributed by atoms with Gasteiger partial charge >= 0.3 is 5.97 Å². The Morgan fingerprint density at radius 1 is 1.72 bits per heavy atom. The fraction of sp³-hybridized carbons (Fsp3) is 0.700. The number of hydrogen-bond donors (Lipinski definition) is 1. The summed E-state index contributed by atoms with van der Waals surface area (Å²) >= 11 is 7.14. The van der Waals surface area contributed by atoms with Gasteiger partial charge in [-0.05, 0) is 6.92 Å². The number of halogens is 1. The number of ether oxygens (including phenoxy) is 1. The van der Waals surface area contributed by atoms with Crippen LogP contribution in [0.3, 0.4) is 0 Å². The molecule has 1 atom stereocenters. The highest BCUT2D eigenvalue weighted by Crippen LogP contribution is 2.20. The van der Waals surface area contributed by atoms with Crippen LogP contribution in [-0.4, -0.2) is 52.7 Å². The van der Waals surface area contributed by atoms with Crippen molar-refractivity contribution in [3.63, 3.8) is 0 Å². The van der Waals surface area contributed by atoms with Crippen LogP contribution in [0.5, 0.6) is 0 Å². The van der Waals surface area contributed by atoms with E-state index in [9.17, 15) is 4.79 Å². The maximum Gasteiger partial charge on any atom is 0.324 e. The maximum atomic E-state index is 11.9. The van der Waals surface area contributed by atoms with E-state index in [1.54, 1.807) is 6.92 Å². The molecule has 6 nitrogen and oxygen atoms in total. The summed E-state index contributed by atoms with van der Waals surface area (Å²) in [6, 6.07) is -0.281. The van der Waals surface area contributed by atoms with E-state index in [1.165, 1.54) is 0 Å². The number of esters is 1. The highest BCUT2D eigenvalue weighted by molar-refractivity contribution is 7.10. The fourth-order valence-electron chi connectivity index (χ4n) is 1.89. The van der Waals surface area contributed by atoms with E-state index >= 15 is 0 Å². The SMILES string of the molecule is CCOC(=O)C1CNCCN1Cc1nnsc1Cl. The van der Waals surface area contributed by atoms with Crippen molar-refractivity contribution in [1.29, 1.82) is 0 Å². The smallest absolute Gasteiger partial charge is 0.324 e. The molecule has 0 spiro atoms. The van der Waals surface area contributed by atoms with Gasteiger partial charge in [0.15, 0.2) is 0 Å². The summed E-state index contributed by atoms with van der Waals surface area (Å²) in [5.41, 5.74) is 0.720. The zero-order valence-electron chi connectivity index (χ0n) is 10.1. The molecule has 0 radical (unpaired) electrons. The summed E-state index contributed by atoms with van der Waals surface area (Å²) < 4.78 is 9.45. The highest BCUT2D eigenvalue weighted by atomic mass is 35.5. The highest BCUT2D eigenvalue weighted by Gasteiger charge is 2.30. The second-order valence-corrected chi connectivity index (χ2v) is 5.29. The monoisotopic (exact) mass is 290 g/mol. The lowest BCUT2D eigenvalue weighted by Gasteiger charge is -2.33. The van der Waals surface area contributed by atoms with Gasteiger partial charge in [-0.25, -0.2) is 0 Å². The Morgan fingerprint density at radius 2 is 2.56 bits per heavy atom. The molecule has 100 valence electrons. The van der Waals surface area contributed by atoms with E-state index in [4.69, 9.17) is 16.3 Å². The van der Waals surface area contributed by atoms with E-state index in [0.29, 0.717) is 24.0 Å². The third-order valence-corrected chi connectivity index (χ3v) is 3.76. The van der Waals surface area contributed by atoms with Crippen molar-refractivity contribution in [3.8, 4) is 0 Å². The molecule has 1 fully saturated rings. The Kier molecular flexibility index (Phi) is 4.87. The van der Waals surface area contributed by atoms with Gasteiger partial charge in [-0.1, -0.05) is 16.1 Å². The Balaban J connectivity index is 2.04. The zero-order valence-corrected chi connectivity index (χ0v) is 11.6. The lowest BCUT2D eigenvalue weighted by atomic mass is 10.2. The molecule has 0 bridgehead atoms. The molecule has 0 aromatic carbocycles. The predicted octanol–water partition coefficient (Wildman–Crippen LogP) is 0.528. The molecule has 1 unspecified atom stereocenters. The van der Waals surface area contributed by atoms with E-state index in [1.807, 2.05) is 4.90 Å². The second-order valence-electron chi connectivity index (χ2n) is 3.94. The van der Waals surface area contributed by atoms with Crippen LogP contribution >= 0.6 is 23.1 Å². The Labute approximate surface area is 114 Å². The quantitative estimate of drug-likeness (QED) is 0.816. The van der Waals surface area contributed by atoms with Crippen LogP contribution in [0.4, 0.5) is 0 Å². The first-order valence-electron chi connectivity index (χ1n) is 5.80. The number of piperazine rings is 1. The van der Waals surface area contributed by atoms with E-state index < -0.39 is 0 Å². The molecule has 1 aliphatic heterocycles. The first kappa shape index (κ1) is 13.7. The molecule has 1 N–H and O–H groups in total. The first-order valence-corrected chi connectivity index (χ1v) is 6.95. The Morgan fingerprint density at radius 3 is 3.22 bits per heavy atom. The molecule has 0 amide bonds. The number of carbonyl (C=O) groups excluding carboxylic acids is 1. The summed E-state index contributed by atoms with van der Waals surface area (Å²) in [4.78, 5) is 13.9. The molecule has 0 saturated carbocycles. The largest absolute Gasteiger partial charge is 0.465 e. The van der Waals surface area contributed by atoms with Crippen molar-refractivity contribution >= 4 is 29.1 Å².